The predicted molar refractivity (Wildman–Crippen MR) is 94.0 cm³/mol. The van der Waals surface area contributed by atoms with Crippen LogP contribution in [0.1, 0.15) is 11.1 Å². The number of rotatable bonds is 4. The van der Waals surface area contributed by atoms with Gasteiger partial charge < -0.3 is 5.84 Å². The minimum Gasteiger partial charge on any atom is -0.335 e. The Balaban J connectivity index is 1.75. The van der Waals surface area contributed by atoms with Gasteiger partial charge in [-0.05, 0) is 29.8 Å². The number of nitrogens with two attached hydrogens (primary N) is 1. The van der Waals surface area contributed by atoms with Crippen molar-refractivity contribution in [2.24, 2.45) is 0 Å². The van der Waals surface area contributed by atoms with Crippen LogP contribution < -0.4 is 5.84 Å². The van der Waals surface area contributed by atoms with Crippen LogP contribution in [0.4, 0.5) is 0 Å². The highest BCUT2D eigenvalue weighted by molar-refractivity contribution is 9.10. The van der Waals surface area contributed by atoms with Gasteiger partial charge in [-0.15, -0.1) is 10.2 Å². The lowest BCUT2D eigenvalue weighted by atomic mass is 10.2. The Hall–Kier alpha value is -2.30. The summed E-state index contributed by atoms with van der Waals surface area (Å²) >= 11 is 4.94. The Kier molecular flexibility index (Phi) is 4.65. The summed E-state index contributed by atoms with van der Waals surface area (Å²) in [5.41, 5.74) is 2.65. The molecule has 2 N–H and O–H groups in total. The molecule has 0 radical (unpaired) electrons. The first kappa shape index (κ1) is 15.6. The third kappa shape index (κ3) is 3.55. The third-order valence-electron chi connectivity index (χ3n) is 3.20. The first-order chi connectivity index (χ1) is 11.2. The van der Waals surface area contributed by atoms with Crippen LogP contribution >= 0.6 is 27.7 Å². The monoisotopic (exact) mass is 385 g/mol. The summed E-state index contributed by atoms with van der Waals surface area (Å²) in [5.74, 6) is 7.43. The van der Waals surface area contributed by atoms with Gasteiger partial charge in [0, 0.05) is 15.8 Å². The van der Waals surface area contributed by atoms with Crippen LogP contribution in [0, 0.1) is 11.3 Å². The Labute approximate surface area is 146 Å². The zero-order valence-electron chi connectivity index (χ0n) is 12.0. The fourth-order valence-corrected chi connectivity index (χ4v) is 3.23. The van der Waals surface area contributed by atoms with Crippen molar-refractivity contribution in [3.63, 3.8) is 0 Å². The average molecular weight is 386 g/mol. The Morgan fingerprint density at radius 1 is 1.17 bits per heavy atom. The van der Waals surface area contributed by atoms with Crippen molar-refractivity contribution in [1.29, 1.82) is 5.26 Å². The first-order valence-electron chi connectivity index (χ1n) is 6.75. The molecule has 114 valence electrons. The van der Waals surface area contributed by atoms with E-state index in [-0.39, 0.29) is 0 Å². The molecule has 0 unspecified atom stereocenters. The van der Waals surface area contributed by atoms with Crippen molar-refractivity contribution in [3.05, 3.63) is 64.1 Å². The molecule has 0 atom stereocenters. The van der Waals surface area contributed by atoms with Crippen molar-refractivity contribution in [2.45, 2.75) is 10.9 Å². The summed E-state index contributed by atoms with van der Waals surface area (Å²) in [6.45, 7) is 0. The van der Waals surface area contributed by atoms with E-state index in [2.05, 4.69) is 32.2 Å². The molecule has 1 aromatic heterocycles. The first-order valence-corrected chi connectivity index (χ1v) is 8.53. The third-order valence-corrected chi connectivity index (χ3v) is 4.71. The number of hydrogen-bond acceptors (Lipinski definition) is 5. The van der Waals surface area contributed by atoms with Crippen molar-refractivity contribution in [2.75, 3.05) is 5.84 Å². The second kappa shape index (κ2) is 6.86. The molecule has 0 aliphatic rings. The minimum atomic E-state index is 0.619. The van der Waals surface area contributed by atoms with Gasteiger partial charge in [0.05, 0.1) is 11.6 Å². The molecule has 0 aliphatic carbocycles. The Morgan fingerprint density at radius 3 is 2.65 bits per heavy atom. The molecule has 0 fully saturated rings. The second-order valence-electron chi connectivity index (χ2n) is 4.78. The van der Waals surface area contributed by atoms with E-state index in [1.807, 2.05) is 36.4 Å². The molecule has 0 aliphatic heterocycles. The number of nitriles is 1. The van der Waals surface area contributed by atoms with E-state index in [1.54, 1.807) is 12.1 Å². The fraction of sp³-hybridized carbons (Fsp3) is 0.0625. The summed E-state index contributed by atoms with van der Waals surface area (Å²) in [6.07, 6.45) is 0. The van der Waals surface area contributed by atoms with E-state index in [0.717, 1.165) is 15.6 Å². The summed E-state index contributed by atoms with van der Waals surface area (Å²) in [6, 6.07) is 17.3. The van der Waals surface area contributed by atoms with Crippen molar-refractivity contribution < 1.29 is 0 Å². The molecule has 2 aromatic carbocycles. The van der Waals surface area contributed by atoms with Crippen molar-refractivity contribution >= 4 is 27.7 Å². The van der Waals surface area contributed by atoms with Gasteiger partial charge in [0.1, 0.15) is 0 Å². The van der Waals surface area contributed by atoms with Crippen LogP contribution in [0.15, 0.2) is 58.2 Å². The van der Waals surface area contributed by atoms with Crippen LogP contribution in [0.25, 0.3) is 11.4 Å². The van der Waals surface area contributed by atoms with Crippen molar-refractivity contribution in [1.82, 2.24) is 14.9 Å². The predicted octanol–water partition coefficient (Wildman–Crippen LogP) is 3.59. The lowest BCUT2D eigenvalue weighted by Gasteiger charge is -2.04. The highest BCUT2D eigenvalue weighted by atomic mass is 79.9. The normalized spacial score (nSPS) is 10.4. The highest BCUT2D eigenvalue weighted by Crippen LogP contribution is 2.25. The Morgan fingerprint density at radius 2 is 1.96 bits per heavy atom. The molecule has 23 heavy (non-hydrogen) atoms. The molecular formula is C16H12BrN5S. The summed E-state index contributed by atoms with van der Waals surface area (Å²) < 4.78 is 2.46. The van der Waals surface area contributed by atoms with E-state index in [1.165, 1.54) is 16.4 Å². The number of nitrogen functional groups attached to an aromatic ring is 1. The lowest BCUT2D eigenvalue weighted by Crippen LogP contribution is -2.11. The zero-order valence-corrected chi connectivity index (χ0v) is 14.4. The zero-order chi connectivity index (χ0) is 16.2. The number of benzene rings is 2. The lowest BCUT2D eigenvalue weighted by molar-refractivity contribution is 0.849. The highest BCUT2D eigenvalue weighted by Gasteiger charge is 2.12. The maximum Gasteiger partial charge on any atom is 0.210 e. The SMILES string of the molecule is N#Cc1ccc(CSc2nnc(-c3cccc(Br)c3)n2N)cc1. The van der Waals surface area contributed by atoms with E-state index >= 15 is 0 Å². The molecule has 3 rings (SSSR count). The van der Waals surface area contributed by atoms with Gasteiger partial charge in [0.15, 0.2) is 5.82 Å². The second-order valence-corrected chi connectivity index (χ2v) is 6.64. The maximum absolute atomic E-state index is 8.81. The topological polar surface area (TPSA) is 80.5 Å². The number of thioether (sulfide) groups is 1. The molecular weight excluding hydrogens is 374 g/mol. The summed E-state index contributed by atoms with van der Waals surface area (Å²) in [5, 5.41) is 17.8. The number of nitrogens with zero attached hydrogens (tertiary/aromatic N) is 4. The van der Waals surface area contributed by atoms with Crippen LogP contribution in [0.5, 0.6) is 0 Å². The van der Waals surface area contributed by atoms with Crippen LogP contribution in [-0.2, 0) is 5.75 Å². The van der Waals surface area contributed by atoms with Gasteiger partial charge in [-0.1, -0.05) is 52.0 Å². The Bertz CT molecular complexity index is 867. The molecule has 0 bridgehead atoms. The van der Waals surface area contributed by atoms with E-state index in [9.17, 15) is 0 Å². The van der Waals surface area contributed by atoms with Gasteiger partial charge in [-0.2, -0.15) is 5.26 Å². The molecule has 5 nitrogen and oxygen atoms in total. The van der Waals surface area contributed by atoms with E-state index in [0.29, 0.717) is 22.3 Å². The van der Waals surface area contributed by atoms with Gasteiger partial charge in [-0.3, -0.25) is 0 Å². The maximum atomic E-state index is 8.81. The van der Waals surface area contributed by atoms with Gasteiger partial charge in [-0.25, -0.2) is 4.68 Å². The van der Waals surface area contributed by atoms with Gasteiger partial charge in [0.2, 0.25) is 5.16 Å². The number of hydrogen-bond donors (Lipinski definition) is 1. The molecule has 7 heteroatoms. The largest absolute Gasteiger partial charge is 0.335 e. The molecule has 1 heterocycles. The van der Waals surface area contributed by atoms with Gasteiger partial charge in [0.25, 0.3) is 0 Å². The molecule has 0 saturated heterocycles. The smallest absolute Gasteiger partial charge is 0.210 e. The molecule has 0 spiro atoms. The van der Waals surface area contributed by atoms with Crippen molar-refractivity contribution in [3.8, 4) is 17.5 Å². The molecule has 3 aromatic rings. The molecule has 0 amide bonds. The van der Waals surface area contributed by atoms with Crippen LogP contribution in [0.2, 0.25) is 0 Å². The van der Waals surface area contributed by atoms with Crippen LogP contribution in [-0.4, -0.2) is 14.9 Å². The number of aromatic nitrogens is 3. The summed E-state index contributed by atoms with van der Waals surface area (Å²) in [4.78, 5) is 0. The quantitative estimate of drug-likeness (QED) is 0.548. The average Bonchev–Trinajstić information content (AvgIpc) is 2.94. The van der Waals surface area contributed by atoms with Crippen LogP contribution in [0.3, 0.4) is 0 Å². The number of halogens is 1. The van der Waals surface area contributed by atoms with E-state index in [4.69, 9.17) is 11.1 Å². The van der Waals surface area contributed by atoms with Gasteiger partial charge >= 0.3 is 0 Å². The fourth-order valence-electron chi connectivity index (χ4n) is 2.02. The standard InChI is InChI=1S/C16H12BrN5S/c17-14-3-1-2-13(8-14)15-20-21-16(22(15)19)23-10-12-6-4-11(9-18)5-7-12/h1-8H,10,19H2. The molecule has 0 saturated carbocycles. The van der Waals surface area contributed by atoms with E-state index < -0.39 is 0 Å². The minimum absolute atomic E-state index is 0.619. The summed E-state index contributed by atoms with van der Waals surface area (Å²) in [7, 11) is 0.